The van der Waals surface area contributed by atoms with Crippen LogP contribution in [0, 0.1) is 20.8 Å². The number of fused-ring (bicyclic) bond motifs is 1. The van der Waals surface area contributed by atoms with Gasteiger partial charge in [-0.05, 0) is 49.1 Å². The van der Waals surface area contributed by atoms with Crippen molar-refractivity contribution in [2.45, 2.75) is 20.8 Å². The van der Waals surface area contributed by atoms with Crippen LogP contribution >= 0.6 is 0 Å². The van der Waals surface area contributed by atoms with Crippen molar-refractivity contribution >= 4 is 0 Å². The lowest BCUT2D eigenvalue weighted by atomic mass is 10.0. The Bertz CT molecular complexity index is 501. The molecule has 0 saturated carbocycles. The first-order valence-electron chi connectivity index (χ1n) is 4.94. The van der Waals surface area contributed by atoms with Crippen LogP contribution in [-0.2, 0) is 0 Å². The number of rotatable bonds is 0. The van der Waals surface area contributed by atoms with Crippen molar-refractivity contribution in [1.29, 1.82) is 0 Å². The molecule has 0 amide bonds. The van der Waals surface area contributed by atoms with Crippen molar-refractivity contribution in [3.63, 3.8) is 0 Å². The molecule has 0 unspecified atom stereocenters. The van der Waals surface area contributed by atoms with E-state index in [-0.39, 0.29) is 5.75 Å². The third-order valence-corrected chi connectivity index (χ3v) is 2.89. The van der Waals surface area contributed by atoms with Gasteiger partial charge in [0.05, 0.1) is 0 Å². The van der Waals surface area contributed by atoms with Gasteiger partial charge in [0.2, 0.25) is 0 Å². The molecule has 2 rings (SSSR count). The van der Waals surface area contributed by atoms with Gasteiger partial charge in [-0.1, -0.05) is 12.1 Å². The minimum atomic E-state index is 0.278. The molecular weight excluding hydrogens is 188 g/mol. The molecule has 0 radical (unpaired) electrons. The molecule has 2 aliphatic carbocycles. The summed E-state index contributed by atoms with van der Waals surface area (Å²) in [5, 5.41) is 19.6. The molecule has 0 aromatic carbocycles. The van der Waals surface area contributed by atoms with Crippen LogP contribution < -0.4 is 0 Å². The topological polar surface area (TPSA) is 40.5 Å². The molecule has 2 aliphatic rings. The fourth-order valence-electron chi connectivity index (χ4n) is 2.08. The molecule has 0 heterocycles. The van der Waals surface area contributed by atoms with Crippen LogP contribution in [0.15, 0.2) is 18.2 Å². The van der Waals surface area contributed by atoms with Gasteiger partial charge in [-0.25, -0.2) is 0 Å². The Morgan fingerprint density at radius 2 is 1.60 bits per heavy atom. The summed E-state index contributed by atoms with van der Waals surface area (Å²) in [5.41, 5.74) is 4.37. The molecule has 2 nitrogen and oxygen atoms in total. The molecule has 0 bridgehead atoms. The van der Waals surface area contributed by atoms with Gasteiger partial charge in [-0.3, -0.25) is 0 Å². The van der Waals surface area contributed by atoms with Crippen LogP contribution in [0.3, 0.4) is 0 Å². The zero-order valence-corrected chi connectivity index (χ0v) is 9.13. The maximum Gasteiger partial charge on any atom is 0.123 e. The summed E-state index contributed by atoms with van der Waals surface area (Å²) >= 11 is 0. The highest BCUT2D eigenvalue weighted by atomic mass is 16.3. The fraction of sp³-hybridized carbons (Fsp3) is 0.231. The molecule has 0 saturated heterocycles. The first-order valence-corrected chi connectivity index (χ1v) is 4.94. The fourth-order valence-corrected chi connectivity index (χ4v) is 2.08. The van der Waals surface area contributed by atoms with Gasteiger partial charge in [0, 0.05) is 5.56 Å². The second-order valence-electron chi connectivity index (χ2n) is 3.99. The van der Waals surface area contributed by atoms with Crippen molar-refractivity contribution in [2.75, 3.05) is 0 Å². The van der Waals surface area contributed by atoms with Gasteiger partial charge in [-0.2, -0.15) is 0 Å². The second-order valence-corrected chi connectivity index (χ2v) is 3.99. The normalized spacial score (nSPS) is 10.9. The summed E-state index contributed by atoms with van der Waals surface area (Å²) in [6, 6.07) is 5.40. The van der Waals surface area contributed by atoms with Gasteiger partial charge >= 0.3 is 0 Å². The average Bonchev–Trinajstić information content (AvgIpc) is 2.54. The van der Waals surface area contributed by atoms with Crippen molar-refractivity contribution in [3.8, 4) is 22.6 Å². The summed E-state index contributed by atoms with van der Waals surface area (Å²) in [6.07, 6.45) is 0. The summed E-state index contributed by atoms with van der Waals surface area (Å²) in [5.74, 6) is 0.583. The molecule has 0 atom stereocenters. The molecule has 0 aliphatic heterocycles. The lowest BCUT2D eigenvalue weighted by molar-refractivity contribution is 0.468. The van der Waals surface area contributed by atoms with Gasteiger partial charge in [-0.15, -0.1) is 0 Å². The Hall–Kier alpha value is -1.70. The Morgan fingerprint density at radius 1 is 0.933 bits per heavy atom. The van der Waals surface area contributed by atoms with E-state index >= 15 is 0 Å². The van der Waals surface area contributed by atoms with Crippen molar-refractivity contribution in [2.24, 2.45) is 0 Å². The van der Waals surface area contributed by atoms with E-state index in [1.165, 1.54) is 0 Å². The molecule has 2 heteroatoms. The standard InChI is InChI=1S/C13H14O2/c1-7-6-8(2)13(15)9(3)10-4-5-11(14)12(7)10/h4-6,14-15H,1-3H3. The summed E-state index contributed by atoms with van der Waals surface area (Å²) in [4.78, 5) is 0. The molecule has 0 spiro atoms. The van der Waals surface area contributed by atoms with E-state index < -0.39 is 0 Å². The first kappa shape index (κ1) is 9.84. The van der Waals surface area contributed by atoms with E-state index in [1.807, 2.05) is 32.9 Å². The van der Waals surface area contributed by atoms with Crippen LogP contribution in [0.2, 0.25) is 0 Å². The van der Waals surface area contributed by atoms with Crippen LogP contribution in [0.25, 0.3) is 11.1 Å². The maximum absolute atomic E-state index is 9.92. The highest BCUT2D eigenvalue weighted by Crippen LogP contribution is 2.41. The van der Waals surface area contributed by atoms with Crippen LogP contribution in [-0.4, -0.2) is 10.2 Å². The average molecular weight is 202 g/mol. The largest absolute Gasteiger partial charge is 0.507 e. The highest BCUT2D eigenvalue weighted by molar-refractivity contribution is 5.80. The van der Waals surface area contributed by atoms with E-state index in [0.717, 1.165) is 27.8 Å². The van der Waals surface area contributed by atoms with E-state index in [9.17, 15) is 10.2 Å². The highest BCUT2D eigenvalue weighted by Gasteiger charge is 2.16. The molecule has 0 aromatic rings. The van der Waals surface area contributed by atoms with E-state index in [0.29, 0.717) is 5.75 Å². The van der Waals surface area contributed by atoms with Crippen LogP contribution in [0.5, 0.6) is 11.5 Å². The molecule has 0 aromatic heterocycles. The molecule has 78 valence electrons. The minimum absolute atomic E-state index is 0.278. The number of aryl methyl sites for hydroxylation is 2. The van der Waals surface area contributed by atoms with Crippen molar-refractivity contribution < 1.29 is 10.2 Å². The van der Waals surface area contributed by atoms with E-state index in [1.54, 1.807) is 6.07 Å². The Morgan fingerprint density at radius 3 is 2.27 bits per heavy atom. The smallest absolute Gasteiger partial charge is 0.123 e. The van der Waals surface area contributed by atoms with Gasteiger partial charge in [0.1, 0.15) is 11.5 Å². The van der Waals surface area contributed by atoms with Crippen LogP contribution in [0.4, 0.5) is 0 Å². The third kappa shape index (κ3) is 1.33. The number of hydrogen-bond donors (Lipinski definition) is 2. The predicted octanol–water partition coefficient (Wildman–Crippen LogP) is 3.13. The second kappa shape index (κ2) is 3.16. The molecular formula is C13H14O2. The number of hydrogen-bond acceptors (Lipinski definition) is 2. The van der Waals surface area contributed by atoms with E-state index in [4.69, 9.17) is 0 Å². The van der Waals surface area contributed by atoms with Gasteiger partial charge in [0.25, 0.3) is 0 Å². The third-order valence-electron chi connectivity index (χ3n) is 2.89. The van der Waals surface area contributed by atoms with Gasteiger partial charge < -0.3 is 10.2 Å². The lowest BCUT2D eigenvalue weighted by Crippen LogP contribution is -1.78. The van der Waals surface area contributed by atoms with E-state index in [2.05, 4.69) is 0 Å². The molecule has 15 heavy (non-hydrogen) atoms. The lowest BCUT2D eigenvalue weighted by Gasteiger charge is -2.01. The minimum Gasteiger partial charge on any atom is -0.507 e. The summed E-state index contributed by atoms with van der Waals surface area (Å²) in [7, 11) is 0. The maximum atomic E-state index is 9.92. The zero-order valence-electron chi connectivity index (χ0n) is 9.13. The van der Waals surface area contributed by atoms with Crippen molar-refractivity contribution in [1.82, 2.24) is 0 Å². The Labute approximate surface area is 89.2 Å². The zero-order chi connectivity index (χ0) is 11.2. The van der Waals surface area contributed by atoms with Crippen LogP contribution in [0.1, 0.15) is 16.7 Å². The Balaban J connectivity index is 2.95. The summed E-state index contributed by atoms with van der Waals surface area (Å²) in [6.45, 7) is 5.67. The quantitative estimate of drug-likeness (QED) is 0.689. The SMILES string of the molecule is Cc1cc(C)c2c(O)ccc-2c(C)c1O. The van der Waals surface area contributed by atoms with Crippen molar-refractivity contribution in [3.05, 3.63) is 34.9 Å². The Kier molecular flexibility index (Phi) is 2.07. The molecule has 2 N–H and O–H groups in total. The molecule has 0 fully saturated rings. The first-order chi connectivity index (χ1) is 7.02. The number of aromatic hydroxyl groups is 2. The summed E-state index contributed by atoms with van der Waals surface area (Å²) < 4.78 is 0. The van der Waals surface area contributed by atoms with Gasteiger partial charge in [0.15, 0.2) is 0 Å². The monoisotopic (exact) mass is 202 g/mol. The predicted molar refractivity (Wildman–Crippen MR) is 60.6 cm³/mol.